The standard InChI is InChI=1S/C20H27N3O2/c1-14-5-7-17(8-6-14)21-19(24)13-22-10-15-9-16(12-22)18-3-2-4-20(25)23(18)11-15/h5-8,15-16,18H,2-4,9-13H2,1H3,(H,21,24)/t15?,16?,18-/m1/s1. The van der Waals surface area contributed by atoms with Crippen molar-refractivity contribution in [3.63, 3.8) is 0 Å². The fourth-order valence-corrected chi connectivity index (χ4v) is 4.88. The molecule has 3 atom stereocenters. The summed E-state index contributed by atoms with van der Waals surface area (Å²) in [6.07, 6.45) is 4.09. The maximum Gasteiger partial charge on any atom is 0.238 e. The smallest absolute Gasteiger partial charge is 0.238 e. The van der Waals surface area contributed by atoms with Crippen molar-refractivity contribution in [1.82, 2.24) is 9.80 Å². The Kier molecular flexibility index (Phi) is 4.50. The van der Waals surface area contributed by atoms with Gasteiger partial charge in [-0.1, -0.05) is 17.7 Å². The molecule has 3 fully saturated rings. The molecule has 4 rings (SSSR count). The maximum absolute atomic E-state index is 12.4. The molecule has 5 nitrogen and oxygen atoms in total. The summed E-state index contributed by atoms with van der Waals surface area (Å²) in [6, 6.07) is 8.32. The van der Waals surface area contributed by atoms with Crippen molar-refractivity contribution in [2.24, 2.45) is 11.8 Å². The Morgan fingerprint density at radius 2 is 2.00 bits per heavy atom. The fraction of sp³-hybridized carbons (Fsp3) is 0.600. The lowest BCUT2D eigenvalue weighted by Crippen LogP contribution is -2.61. The van der Waals surface area contributed by atoms with Crippen LogP contribution < -0.4 is 5.32 Å². The van der Waals surface area contributed by atoms with E-state index in [9.17, 15) is 9.59 Å². The monoisotopic (exact) mass is 341 g/mol. The second-order valence-corrected chi connectivity index (χ2v) is 7.98. The lowest BCUT2D eigenvalue weighted by Gasteiger charge is -2.52. The number of carbonyl (C=O) groups excluding carboxylic acids is 2. The van der Waals surface area contributed by atoms with E-state index in [0.29, 0.717) is 30.3 Å². The number of fused-ring (bicyclic) bond motifs is 4. The van der Waals surface area contributed by atoms with Crippen LogP contribution in [0.2, 0.25) is 0 Å². The summed E-state index contributed by atoms with van der Waals surface area (Å²) in [5.74, 6) is 1.45. The van der Waals surface area contributed by atoms with Crippen LogP contribution >= 0.6 is 0 Å². The zero-order chi connectivity index (χ0) is 17.4. The first-order chi connectivity index (χ1) is 12.1. The first kappa shape index (κ1) is 16.6. The number of hydrogen-bond acceptors (Lipinski definition) is 3. The van der Waals surface area contributed by atoms with E-state index in [1.54, 1.807) is 0 Å². The number of piperidine rings is 3. The molecule has 1 N–H and O–H groups in total. The summed E-state index contributed by atoms with van der Waals surface area (Å²) in [6.45, 7) is 5.23. The molecule has 1 aromatic rings. The average Bonchev–Trinajstić information content (AvgIpc) is 2.58. The first-order valence-electron chi connectivity index (χ1n) is 9.47. The molecule has 0 aromatic heterocycles. The van der Waals surface area contributed by atoms with Crippen molar-refractivity contribution in [3.05, 3.63) is 29.8 Å². The molecule has 0 saturated carbocycles. The molecule has 0 radical (unpaired) electrons. The van der Waals surface area contributed by atoms with Gasteiger partial charge in [-0.05, 0) is 50.2 Å². The summed E-state index contributed by atoms with van der Waals surface area (Å²) >= 11 is 0. The fourth-order valence-electron chi connectivity index (χ4n) is 4.88. The van der Waals surface area contributed by atoms with Gasteiger partial charge >= 0.3 is 0 Å². The molecule has 3 saturated heterocycles. The van der Waals surface area contributed by atoms with Gasteiger partial charge in [0.1, 0.15) is 0 Å². The second-order valence-electron chi connectivity index (χ2n) is 7.98. The number of benzene rings is 1. The number of amides is 2. The molecule has 2 bridgehead atoms. The van der Waals surface area contributed by atoms with Crippen LogP contribution in [0.1, 0.15) is 31.2 Å². The lowest BCUT2D eigenvalue weighted by atomic mass is 9.76. The SMILES string of the molecule is Cc1ccc(NC(=O)CN2CC3CC(C2)[C@H]2CCCC(=O)N2C3)cc1. The van der Waals surface area contributed by atoms with Crippen LogP contribution in [-0.4, -0.2) is 53.8 Å². The van der Waals surface area contributed by atoms with Gasteiger partial charge in [-0.25, -0.2) is 0 Å². The minimum atomic E-state index is 0.0559. The largest absolute Gasteiger partial charge is 0.339 e. The number of rotatable bonds is 3. The molecule has 0 aliphatic carbocycles. The summed E-state index contributed by atoms with van der Waals surface area (Å²) in [5, 5.41) is 3.00. The van der Waals surface area contributed by atoms with Gasteiger partial charge in [0.15, 0.2) is 0 Å². The van der Waals surface area contributed by atoms with Gasteiger partial charge in [-0.15, -0.1) is 0 Å². The van der Waals surface area contributed by atoms with Crippen LogP contribution in [0.4, 0.5) is 5.69 Å². The topological polar surface area (TPSA) is 52.7 Å². The second kappa shape index (κ2) is 6.79. The molecule has 1 aromatic carbocycles. The minimum Gasteiger partial charge on any atom is -0.339 e. The quantitative estimate of drug-likeness (QED) is 0.918. The predicted octanol–water partition coefficient (Wildman–Crippen LogP) is 2.27. The number of nitrogens with one attached hydrogen (secondary N) is 1. The van der Waals surface area contributed by atoms with Crippen molar-refractivity contribution in [2.45, 2.75) is 38.6 Å². The number of likely N-dealkylation sites (tertiary alicyclic amines) is 1. The molecule has 2 amide bonds. The molecule has 3 heterocycles. The summed E-state index contributed by atoms with van der Waals surface area (Å²) in [7, 11) is 0. The van der Waals surface area contributed by atoms with E-state index >= 15 is 0 Å². The molecular weight excluding hydrogens is 314 g/mol. The van der Waals surface area contributed by atoms with Gasteiger partial charge in [0, 0.05) is 37.8 Å². The summed E-state index contributed by atoms with van der Waals surface area (Å²) < 4.78 is 0. The van der Waals surface area contributed by atoms with E-state index in [2.05, 4.69) is 15.1 Å². The lowest BCUT2D eigenvalue weighted by molar-refractivity contribution is -0.145. The highest BCUT2D eigenvalue weighted by Gasteiger charge is 2.43. The molecule has 3 aliphatic rings. The highest BCUT2D eigenvalue weighted by Crippen LogP contribution is 2.37. The average molecular weight is 341 g/mol. The minimum absolute atomic E-state index is 0.0559. The van der Waals surface area contributed by atoms with Crippen LogP contribution in [-0.2, 0) is 9.59 Å². The van der Waals surface area contributed by atoms with Gasteiger partial charge in [-0.2, -0.15) is 0 Å². The number of aryl methyl sites for hydroxylation is 1. The number of hydrogen-bond donors (Lipinski definition) is 1. The Morgan fingerprint density at radius 3 is 2.80 bits per heavy atom. The van der Waals surface area contributed by atoms with Crippen LogP contribution in [0.5, 0.6) is 0 Å². The van der Waals surface area contributed by atoms with Crippen molar-refractivity contribution in [2.75, 3.05) is 31.5 Å². The van der Waals surface area contributed by atoms with E-state index in [1.165, 1.54) is 12.0 Å². The molecule has 2 unspecified atom stereocenters. The molecule has 0 spiro atoms. The Hall–Kier alpha value is -1.88. The van der Waals surface area contributed by atoms with Crippen LogP contribution in [0.15, 0.2) is 24.3 Å². The maximum atomic E-state index is 12.4. The van der Waals surface area contributed by atoms with Crippen LogP contribution in [0, 0.1) is 18.8 Å². The van der Waals surface area contributed by atoms with Gasteiger partial charge < -0.3 is 10.2 Å². The Labute approximate surface area is 149 Å². The number of nitrogens with zero attached hydrogens (tertiary/aromatic N) is 2. The Bertz CT molecular complexity index is 657. The van der Waals surface area contributed by atoms with Crippen molar-refractivity contribution in [1.29, 1.82) is 0 Å². The van der Waals surface area contributed by atoms with E-state index in [4.69, 9.17) is 0 Å². The van der Waals surface area contributed by atoms with Crippen molar-refractivity contribution in [3.8, 4) is 0 Å². The first-order valence-corrected chi connectivity index (χ1v) is 9.47. The predicted molar refractivity (Wildman–Crippen MR) is 97.2 cm³/mol. The van der Waals surface area contributed by atoms with E-state index in [0.717, 1.165) is 44.6 Å². The highest BCUT2D eigenvalue weighted by atomic mass is 16.2. The third-order valence-electron chi connectivity index (χ3n) is 5.96. The van der Waals surface area contributed by atoms with E-state index < -0.39 is 0 Å². The molecule has 25 heavy (non-hydrogen) atoms. The van der Waals surface area contributed by atoms with Gasteiger partial charge in [0.25, 0.3) is 0 Å². The molecular formula is C20H27N3O2. The number of anilines is 1. The van der Waals surface area contributed by atoms with Crippen LogP contribution in [0.25, 0.3) is 0 Å². The zero-order valence-electron chi connectivity index (χ0n) is 14.9. The Morgan fingerprint density at radius 1 is 1.20 bits per heavy atom. The molecule has 5 heteroatoms. The van der Waals surface area contributed by atoms with Gasteiger partial charge in [-0.3, -0.25) is 14.5 Å². The van der Waals surface area contributed by atoms with Gasteiger partial charge in [0.2, 0.25) is 11.8 Å². The van der Waals surface area contributed by atoms with Crippen LogP contribution in [0.3, 0.4) is 0 Å². The zero-order valence-corrected chi connectivity index (χ0v) is 14.9. The molecule has 134 valence electrons. The third kappa shape index (κ3) is 3.56. The van der Waals surface area contributed by atoms with E-state index in [-0.39, 0.29) is 5.91 Å². The summed E-state index contributed by atoms with van der Waals surface area (Å²) in [5.41, 5.74) is 2.05. The third-order valence-corrected chi connectivity index (χ3v) is 5.96. The van der Waals surface area contributed by atoms with E-state index in [1.807, 2.05) is 31.2 Å². The van der Waals surface area contributed by atoms with Gasteiger partial charge in [0.05, 0.1) is 6.54 Å². The summed E-state index contributed by atoms with van der Waals surface area (Å²) in [4.78, 5) is 29.0. The van der Waals surface area contributed by atoms with Crippen molar-refractivity contribution < 1.29 is 9.59 Å². The Balaban J connectivity index is 1.36. The number of carbonyl (C=O) groups is 2. The normalized spacial score (nSPS) is 29.2. The highest BCUT2D eigenvalue weighted by molar-refractivity contribution is 5.92. The molecule has 3 aliphatic heterocycles. The van der Waals surface area contributed by atoms with Crippen molar-refractivity contribution >= 4 is 17.5 Å².